The summed E-state index contributed by atoms with van der Waals surface area (Å²) in [7, 11) is 0. The van der Waals surface area contributed by atoms with Crippen molar-refractivity contribution in [2.24, 2.45) is 0 Å². The van der Waals surface area contributed by atoms with Gasteiger partial charge in [-0.05, 0) is 49.3 Å². The van der Waals surface area contributed by atoms with Crippen LogP contribution in [0.5, 0.6) is 0 Å². The number of nitrogens with one attached hydrogen (secondary N) is 1. The van der Waals surface area contributed by atoms with Crippen LogP contribution in [-0.2, 0) is 0 Å². The molecular weight excluding hydrogens is 250 g/mol. The molecule has 3 atom stereocenters. The first-order valence-electron chi connectivity index (χ1n) is 5.84. The molecule has 2 heteroatoms. The van der Waals surface area contributed by atoms with Crippen LogP contribution in [0.2, 0.25) is 0 Å². The van der Waals surface area contributed by atoms with Crippen LogP contribution in [0.15, 0.2) is 28.7 Å². The lowest BCUT2D eigenvalue weighted by molar-refractivity contribution is 0.359. The minimum Gasteiger partial charge on any atom is -0.311 e. The normalized spacial score (nSPS) is 34.3. The van der Waals surface area contributed by atoms with Gasteiger partial charge in [0.1, 0.15) is 0 Å². The smallest absolute Gasteiger partial charge is 0.0178 e. The highest BCUT2D eigenvalue weighted by Gasteiger charge is 2.35. The van der Waals surface area contributed by atoms with Crippen LogP contribution in [0, 0.1) is 0 Å². The van der Waals surface area contributed by atoms with Crippen LogP contribution in [0.25, 0.3) is 0 Å². The Labute approximate surface area is 99.4 Å². The second-order valence-electron chi connectivity index (χ2n) is 4.79. The number of halogens is 1. The summed E-state index contributed by atoms with van der Waals surface area (Å²) in [5.41, 5.74) is 1.50. The van der Waals surface area contributed by atoms with Gasteiger partial charge in [-0.15, -0.1) is 0 Å². The van der Waals surface area contributed by atoms with Crippen LogP contribution >= 0.6 is 15.9 Å². The fourth-order valence-corrected chi connectivity index (χ4v) is 3.53. The van der Waals surface area contributed by atoms with Gasteiger partial charge < -0.3 is 5.32 Å². The summed E-state index contributed by atoms with van der Waals surface area (Å²) in [5, 5.41) is 3.74. The number of hydrogen-bond acceptors (Lipinski definition) is 1. The average molecular weight is 266 g/mol. The molecule has 0 saturated carbocycles. The van der Waals surface area contributed by atoms with Gasteiger partial charge in [0, 0.05) is 16.6 Å². The van der Waals surface area contributed by atoms with E-state index < -0.39 is 0 Å². The Morgan fingerprint density at radius 2 is 2.00 bits per heavy atom. The number of hydrogen-bond donors (Lipinski definition) is 1. The van der Waals surface area contributed by atoms with Gasteiger partial charge in [-0.1, -0.05) is 28.1 Å². The zero-order valence-corrected chi connectivity index (χ0v) is 10.3. The van der Waals surface area contributed by atoms with Crippen molar-refractivity contribution in [2.45, 2.75) is 43.7 Å². The lowest BCUT2D eigenvalue weighted by Crippen LogP contribution is -2.38. The Hall–Kier alpha value is -0.340. The largest absolute Gasteiger partial charge is 0.311 e. The van der Waals surface area contributed by atoms with E-state index in [9.17, 15) is 0 Å². The number of piperidine rings is 1. The Morgan fingerprint density at radius 1 is 1.13 bits per heavy atom. The second-order valence-corrected chi connectivity index (χ2v) is 5.70. The Kier molecular flexibility index (Phi) is 2.57. The minimum atomic E-state index is 0.734. The zero-order chi connectivity index (χ0) is 10.3. The molecule has 3 unspecified atom stereocenters. The molecule has 0 aliphatic carbocycles. The van der Waals surface area contributed by atoms with Crippen LogP contribution in [0.3, 0.4) is 0 Å². The van der Waals surface area contributed by atoms with Gasteiger partial charge in [0.05, 0.1) is 0 Å². The fraction of sp³-hybridized carbons (Fsp3) is 0.538. The van der Waals surface area contributed by atoms with Gasteiger partial charge >= 0.3 is 0 Å². The van der Waals surface area contributed by atoms with Crippen molar-refractivity contribution >= 4 is 15.9 Å². The van der Waals surface area contributed by atoms with E-state index >= 15 is 0 Å². The molecule has 15 heavy (non-hydrogen) atoms. The third-order valence-electron chi connectivity index (χ3n) is 3.86. The lowest BCUT2D eigenvalue weighted by Gasteiger charge is -2.30. The Morgan fingerprint density at radius 3 is 2.87 bits per heavy atom. The topological polar surface area (TPSA) is 12.0 Å². The molecule has 1 aromatic rings. The van der Waals surface area contributed by atoms with Gasteiger partial charge in [0.15, 0.2) is 0 Å². The molecule has 0 spiro atoms. The SMILES string of the molecule is Brc1cccc(C2CCC3CCC2N3)c1. The lowest BCUT2D eigenvalue weighted by atomic mass is 9.86. The van der Waals surface area contributed by atoms with E-state index in [0.29, 0.717) is 0 Å². The highest BCUT2D eigenvalue weighted by Crippen LogP contribution is 2.38. The van der Waals surface area contributed by atoms with Crippen molar-refractivity contribution in [1.82, 2.24) is 5.32 Å². The summed E-state index contributed by atoms with van der Waals surface area (Å²) in [6.45, 7) is 0. The summed E-state index contributed by atoms with van der Waals surface area (Å²) in [6, 6.07) is 10.4. The molecule has 1 nitrogen and oxygen atoms in total. The number of fused-ring (bicyclic) bond motifs is 2. The third kappa shape index (κ3) is 1.85. The summed E-state index contributed by atoms with van der Waals surface area (Å²) >= 11 is 3.56. The maximum atomic E-state index is 3.74. The van der Waals surface area contributed by atoms with Gasteiger partial charge in [0.25, 0.3) is 0 Å². The molecule has 0 radical (unpaired) electrons. The first kappa shape index (κ1) is 9.86. The van der Waals surface area contributed by atoms with Crippen LogP contribution < -0.4 is 5.32 Å². The maximum absolute atomic E-state index is 3.74. The number of benzene rings is 1. The zero-order valence-electron chi connectivity index (χ0n) is 8.75. The molecule has 1 aromatic carbocycles. The molecule has 2 heterocycles. The van der Waals surface area contributed by atoms with Crippen LogP contribution in [-0.4, -0.2) is 12.1 Å². The first-order chi connectivity index (χ1) is 7.33. The van der Waals surface area contributed by atoms with E-state index in [1.165, 1.54) is 35.7 Å². The van der Waals surface area contributed by atoms with Gasteiger partial charge in [-0.2, -0.15) is 0 Å². The fourth-order valence-electron chi connectivity index (χ4n) is 3.11. The van der Waals surface area contributed by atoms with Gasteiger partial charge in [-0.25, -0.2) is 0 Å². The average Bonchev–Trinajstić information content (AvgIpc) is 2.61. The van der Waals surface area contributed by atoms with Crippen molar-refractivity contribution in [3.05, 3.63) is 34.3 Å². The molecule has 3 rings (SSSR count). The molecule has 2 saturated heterocycles. The van der Waals surface area contributed by atoms with Crippen molar-refractivity contribution in [3.63, 3.8) is 0 Å². The quantitative estimate of drug-likeness (QED) is 0.821. The molecule has 0 amide bonds. The van der Waals surface area contributed by atoms with E-state index in [4.69, 9.17) is 0 Å². The summed E-state index contributed by atoms with van der Waals surface area (Å²) < 4.78 is 1.21. The van der Waals surface area contributed by atoms with Crippen molar-refractivity contribution in [3.8, 4) is 0 Å². The van der Waals surface area contributed by atoms with E-state index in [1.807, 2.05) is 0 Å². The van der Waals surface area contributed by atoms with Crippen molar-refractivity contribution in [2.75, 3.05) is 0 Å². The molecular formula is C13H16BrN. The molecule has 2 aliphatic rings. The van der Waals surface area contributed by atoms with Crippen LogP contribution in [0.4, 0.5) is 0 Å². The predicted molar refractivity (Wildman–Crippen MR) is 66.1 cm³/mol. The Balaban J connectivity index is 1.87. The van der Waals surface area contributed by atoms with E-state index in [-0.39, 0.29) is 0 Å². The molecule has 0 aromatic heterocycles. The maximum Gasteiger partial charge on any atom is 0.0178 e. The molecule has 2 bridgehead atoms. The Bertz CT molecular complexity index is 363. The highest BCUT2D eigenvalue weighted by molar-refractivity contribution is 9.10. The van der Waals surface area contributed by atoms with E-state index in [0.717, 1.165) is 18.0 Å². The van der Waals surface area contributed by atoms with E-state index in [1.54, 1.807) is 0 Å². The van der Waals surface area contributed by atoms with Gasteiger partial charge in [0.2, 0.25) is 0 Å². The molecule has 2 fully saturated rings. The number of rotatable bonds is 1. The second kappa shape index (κ2) is 3.91. The standard InChI is InChI=1S/C13H16BrN/c14-10-3-1-2-9(8-10)12-6-4-11-5-7-13(12)15-11/h1-3,8,11-13,15H,4-7H2. The van der Waals surface area contributed by atoms with Crippen molar-refractivity contribution in [1.29, 1.82) is 0 Å². The monoisotopic (exact) mass is 265 g/mol. The summed E-state index contributed by atoms with van der Waals surface area (Å²) in [6.07, 6.45) is 5.46. The molecule has 1 N–H and O–H groups in total. The first-order valence-corrected chi connectivity index (χ1v) is 6.64. The van der Waals surface area contributed by atoms with Crippen LogP contribution in [0.1, 0.15) is 37.2 Å². The molecule has 2 aliphatic heterocycles. The molecule has 80 valence electrons. The summed E-state index contributed by atoms with van der Waals surface area (Å²) in [5.74, 6) is 0.737. The predicted octanol–water partition coefficient (Wildman–Crippen LogP) is 3.45. The minimum absolute atomic E-state index is 0.734. The third-order valence-corrected chi connectivity index (χ3v) is 4.36. The highest BCUT2D eigenvalue weighted by atomic mass is 79.9. The summed E-state index contributed by atoms with van der Waals surface area (Å²) in [4.78, 5) is 0. The van der Waals surface area contributed by atoms with E-state index in [2.05, 4.69) is 45.5 Å². The van der Waals surface area contributed by atoms with Gasteiger partial charge in [-0.3, -0.25) is 0 Å². The van der Waals surface area contributed by atoms with Crippen molar-refractivity contribution < 1.29 is 0 Å².